The van der Waals surface area contributed by atoms with Crippen LogP contribution >= 0.6 is 0 Å². The van der Waals surface area contributed by atoms with E-state index in [-0.39, 0.29) is 12.6 Å². The molecule has 1 unspecified atom stereocenters. The maximum absolute atomic E-state index is 11.6. The van der Waals surface area contributed by atoms with Crippen LogP contribution in [0.5, 0.6) is 0 Å². The van der Waals surface area contributed by atoms with Gasteiger partial charge in [0, 0.05) is 5.56 Å². The Hall–Kier alpha value is -1.68. The van der Waals surface area contributed by atoms with Gasteiger partial charge in [-0.1, -0.05) is 37.3 Å². The molecule has 0 spiro atoms. The number of carbonyl (C=O) groups is 2. The second kappa shape index (κ2) is 6.02. The average Bonchev–Trinajstić information content (AvgIpc) is 2.35. The highest BCUT2D eigenvalue weighted by atomic mass is 16.3. The summed E-state index contributed by atoms with van der Waals surface area (Å²) in [4.78, 5) is 23.1. The quantitative estimate of drug-likeness (QED) is 0.569. The molecule has 4 nitrogen and oxygen atoms in total. The lowest BCUT2D eigenvalue weighted by molar-refractivity contribution is -0.118. The van der Waals surface area contributed by atoms with Crippen LogP contribution < -0.4 is 5.32 Å². The molecule has 86 valence electrons. The third-order valence-corrected chi connectivity index (χ3v) is 2.29. The van der Waals surface area contributed by atoms with E-state index >= 15 is 0 Å². The zero-order chi connectivity index (χ0) is 12.0. The van der Waals surface area contributed by atoms with E-state index in [0.29, 0.717) is 12.0 Å². The fourth-order valence-electron chi connectivity index (χ4n) is 1.25. The molecule has 0 radical (unpaired) electrons. The molecule has 1 rings (SSSR count). The molecule has 0 heterocycles. The van der Waals surface area contributed by atoms with Crippen LogP contribution in [0.25, 0.3) is 0 Å². The second-order valence-corrected chi connectivity index (χ2v) is 3.46. The number of aliphatic hydroxyl groups is 1. The Morgan fingerprint density at radius 3 is 2.44 bits per heavy atom. The van der Waals surface area contributed by atoms with E-state index in [0.717, 1.165) is 0 Å². The molecule has 0 bridgehead atoms. The Kier molecular flexibility index (Phi) is 4.66. The standard InChI is InChI=1S/C12H15NO3/c1-2-10(8-14)13-12(16)11(15)9-6-4-3-5-7-9/h3-7,10,14H,2,8H2,1H3,(H,13,16). The van der Waals surface area contributed by atoms with Gasteiger partial charge in [0.25, 0.3) is 5.91 Å². The predicted octanol–water partition coefficient (Wildman–Crippen LogP) is 0.756. The Labute approximate surface area is 94.3 Å². The van der Waals surface area contributed by atoms with Crippen molar-refractivity contribution in [1.29, 1.82) is 0 Å². The maximum Gasteiger partial charge on any atom is 0.292 e. The van der Waals surface area contributed by atoms with Crippen molar-refractivity contribution in [3.05, 3.63) is 35.9 Å². The van der Waals surface area contributed by atoms with Gasteiger partial charge in [-0.3, -0.25) is 9.59 Å². The van der Waals surface area contributed by atoms with Gasteiger partial charge in [-0.05, 0) is 6.42 Å². The molecule has 0 aliphatic rings. The molecule has 0 saturated carbocycles. The van der Waals surface area contributed by atoms with Gasteiger partial charge in [-0.25, -0.2) is 0 Å². The van der Waals surface area contributed by atoms with E-state index in [1.807, 2.05) is 6.92 Å². The van der Waals surface area contributed by atoms with E-state index in [9.17, 15) is 9.59 Å². The van der Waals surface area contributed by atoms with Crippen molar-refractivity contribution in [1.82, 2.24) is 5.32 Å². The molecule has 0 saturated heterocycles. The first kappa shape index (κ1) is 12.4. The summed E-state index contributed by atoms with van der Waals surface area (Å²) >= 11 is 0. The SMILES string of the molecule is CCC(CO)NC(=O)C(=O)c1ccccc1. The molecule has 4 heteroatoms. The molecule has 0 fully saturated rings. The fourth-order valence-corrected chi connectivity index (χ4v) is 1.25. The lowest BCUT2D eigenvalue weighted by Gasteiger charge is -2.12. The second-order valence-electron chi connectivity index (χ2n) is 3.46. The number of rotatable bonds is 5. The normalized spacial score (nSPS) is 11.9. The van der Waals surface area contributed by atoms with Crippen LogP contribution in [0.4, 0.5) is 0 Å². The first-order valence-electron chi connectivity index (χ1n) is 5.20. The Morgan fingerprint density at radius 1 is 1.31 bits per heavy atom. The Morgan fingerprint density at radius 2 is 1.94 bits per heavy atom. The van der Waals surface area contributed by atoms with Crippen LogP contribution in [0.15, 0.2) is 30.3 Å². The zero-order valence-corrected chi connectivity index (χ0v) is 9.14. The van der Waals surface area contributed by atoms with Gasteiger partial charge in [0.2, 0.25) is 5.78 Å². The number of benzene rings is 1. The Bertz CT molecular complexity index is 358. The van der Waals surface area contributed by atoms with Gasteiger partial charge >= 0.3 is 0 Å². The van der Waals surface area contributed by atoms with E-state index in [4.69, 9.17) is 5.11 Å². The molecule has 1 aromatic rings. The molecule has 0 aliphatic heterocycles. The number of aliphatic hydroxyl groups excluding tert-OH is 1. The van der Waals surface area contributed by atoms with E-state index in [2.05, 4.69) is 5.32 Å². The highest BCUT2D eigenvalue weighted by Gasteiger charge is 2.18. The highest BCUT2D eigenvalue weighted by Crippen LogP contribution is 2.00. The third kappa shape index (κ3) is 3.17. The summed E-state index contributed by atoms with van der Waals surface area (Å²) in [6.07, 6.45) is 0.588. The van der Waals surface area contributed by atoms with Crippen LogP contribution in [0, 0.1) is 0 Å². The zero-order valence-electron chi connectivity index (χ0n) is 9.14. The summed E-state index contributed by atoms with van der Waals surface area (Å²) in [6, 6.07) is 7.98. The first-order valence-corrected chi connectivity index (χ1v) is 5.20. The van der Waals surface area contributed by atoms with E-state index in [1.165, 1.54) is 0 Å². The number of carbonyl (C=O) groups excluding carboxylic acids is 2. The average molecular weight is 221 g/mol. The molecular weight excluding hydrogens is 206 g/mol. The van der Waals surface area contributed by atoms with Crippen LogP contribution in [-0.2, 0) is 4.79 Å². The van der Waals surface area contributed by atoms with Gasteiger partial charge in [0.15, 0.2) is 0 Å². The molecule has 1 aromatic carbocycles. The van der Waals surface area contributed by atoms with Gasteiger partial charge < -0.3 is 10.4 Å². The van der Waals surface area contributed by atoms with Gasteiger partial charge in [-0.15, -0.1) is 0 Å². The largest absolute Gasteiger partial charge is 0.394 e. The number of ketones is 1. The molecule has 1 atom stereocenters. The lowest BCUT2D eigenvalue weighted by Crippen LogP contribution is -2.40. The smallest absolute Gasteiger partial charge is 0.292 e. The van der Waals surface area contributed by atoms with E-state index < -0.39 is 11.7 Å². The molecule has 16 heavy (non-hydrogen) atoms. The summed E-state index contributed by atoms with van der Waals surface area (Å²) in [7, 11) is 0. The third-order valence-electron chi connectivity index (χ3n) is 2.29. The number of amides is 1. The minimum absolute atomic E-state index is 0.162. The molecule has 0 aliphatic carbocycles. The van der Waals surface area contributed by atoms with Gasteiger partial charge in [-0.2, -0.15) is 0 Å². The topological polar surface area (TPSA) is 66.4 Å². The summed E-state index contributed by atoms with van der Waals surface area (Å²) in [6.45, 7) is 1.67. The highest BCUT2D eigenvalue weighted by molar-refractivity contribution is 6.42. The van der Waals surface area contributed by atoms with Crippen molar-refractivity contribution in [2.75, 3.05) is 6.61 Å². The summed E-state index contributed by atoms with van der Waals surface area (Å²) < 4.78 is 0. The summed E-state index contributed by atoms with van der Waals surface area (Å²) in [5.74, 6) is -1.25. The van der Waals surface area contributed by atoms with Crippen LogP contribution in [0.3, 0.4) is 0 Å². The van der Waals surface area contributed by atoms with Crippen LogP contribution in [0.1, 0.15) is 23.7 Å². The minimum Gasteiger partial charge on any atom is -0.394 e. The summed E-state index contributed by atoms with van der Waals surface area (Å²) in [5, 5.41) is 11.4. The van der Waals surface area contributed by atoms with Gasteiger partial charge in [0.05, 0.1) is 12.6 Å². The van der Waals surface area contributed by atoms with Crippen molar-refractivity contribution in [3.8, 4) is 0 Å². The number of hydrogen-bond donors (Lipinski definition) is 2. The number of nitrogens with one attached hydrogen (secondary N) is 1. The molecule has 2 N–H and O–H groups in total. The summed E-state index contributed by atoms with van der Waals surface area (Å²) in [5.41, 5.74) is 0.354. The lowest BCUT2D eigenvalue weighted by atomic mass is 10.1. The van der Waals surface area contributed by atoms with Crippen LogP contribution in [-0.4, -0.2) is 29.4 Å². The maximum atomic E-state index is 11.6. The van der Waals surface area contributed by atoms with Crippen LogP contribution in [0.2, 0.25) is 0 Å². The van der Waals surface area contributed by atoms with Crippen molar-refractivity contribution >= 4 is 11.7 Å². The monoisotopic (exact) mass is 221 g/mol. The first-order chi connectivity index (χ1) is 7.69. The van der Waals surface area contributed by atoms with Crippen molar-refractivity contribution in [2.45, 2.75) is 19.4 Å². The Balaban J connectivity index is 2.65. The predicted molar refractivity (Wildman–Crippen MR) is 60.1 cm³/mol. The molecular formula is C12H15NO3. The van der Waals surface area contributed by atoms with Crippen molar-refractivity contribution in [2.24, 2.45) is 0 Å². The number of hydrogen-bond acceptors (Lipinski definition) is 3. The molecule has 1 amide bonds. The van der Waals surface area contributed by atoms with Crippen molar-refractivity contribution in [3.63, 3.8) is 0 Å². The fraction of sp³-hybridized carbons (Fsp3) is 0.333. The minimum atomic E-state index is -0.674. The van der Waals surface area contributed by atoms with Crippen molar-refractivity contribution < 1.29 is 14.7 Å². The molecule has 0 aromatic heterocycles. The van der Waals surface area contributed by atoms with Gasteiger partial charge in [0.1, 0.15) is 0 Å². The van der Waals surface area contributed by atoms with E-state index in [1.54, 1.807) is 30.3 Å². The number of Topliss-reactive ketones (excluding diaryl/α,β-unsaturated/α-hetero) is 1.